The molecule has 1 unspecified atom stereocenters. The minimum absolute atomic E-state index is 0.0279. The summed E-state index contributed by atoms with van der Waals surface area (Å²) in [5.74, 6) is -0.503. The molecule has 1 aliphatic heterocycles. The predicted molar refractivity (Wildman–Crippen MR) is 76.1 cm³/mol. The third-order valence-electron chi connectivity index (χ3n) is 3.68. The molecule has 1 aromatic rings. The number of urea groups is 1. The lowest BCUT2D eigenvalue weighted by Gasteiger charge is -2.17. The van der Waals surface area contributed by atoms with Crippen LogP contribution in [0.1, 0.15) is 42.4 Å². The number of hydrogen-bond acceptors (Lipinski definition) is 2. The van der Waals surface area contributed by atoms with Crippen LogP contribution in [0.15, 0.2) is 6.07 Å². The third kappa shape index (κ3) is 3.12. The molecule has 6 nitrogen and oxygen atoms in total. The van der Waals surface area contributed by atoms with E-state index in [1.54, 1.807) is 17.9 Å². The summed E-state index contributed by atoms with van der Waals surface area (Å²) in [5.41, 5.74) is 1.07. The van der Waals surface area contributed by atoms with Crippen LogP contribution >= 0.6 is 0 Å². The van der Waals surface area contributed by atoms with Crippen LogP contribution < -0.4 is 5.32 Å². The summed E-state index contributed by atoms with van der Waals surface area (Å²) in [7, 11) is 0. The summed E-state index contributed by atoms with van der Waals surface area (Å²) in [6, 6.07) is 1.42. The van der Waals surface area contributed by atoms with Gasteiger partial charge in [0, 0.05) is 18.8 Å². The summed E-state index contributed by atoms with van der Waals surface area (Å²) in [6.45, 7) is 5.40. The predicted octanol–water partition coefficient (Wildman–Crippen LogP) is 2.68. The lowest BCUT2D eigenvalue weighted by atomic mass is 10.0. The van der Waals surface area contributed by atoms with Crippen LogP contribution in [0.3, 0.4) is 0 Å². The quantitative estimate of drug-likeness (QED) is 0.792. The molecule has 2 rings (SSSR count). The minimum atomic E-state index is -1.07. The number of carboxylic acids is 1. The first-order valence-electron chi connectivity index (χ1n) is 7.00. The second kappa shape index (κ2) is 5.98. The number of likely N-dealkylation sites (tertiary alicyclic amines) is 1. The van der Waals surface area contributed by atoms with Crippen LogP contribution in [0.4, 0.5) is 10.5 Å². The molecule has 0 radical (unpaired) electrons. The molecule has 6 heteroatoms. The van der Waals surface area contributed by atoms with Gasteiger partial charge in [0.05, 0.1) is 5.69 Å². The molecule has 0 spiro atoms. The molecular formula is C14H21N3O3. The molecular weight excluding hydrogens is 258 g/mol. The van der Waals surface area contributed by atoms with Crippen LogP contribution in [0.2, 0.25) is 0 Å². The fraction of sp³-hybridized carbons (Fsp3) is 0.571. The van der Waals surface area contributed by atoms with Gasteiger partial charge in [0.1, 0.15) is 5.69 Å². The van der Waals surface area contributed by atoms with E-state index in [-0.39, 0.29) is 11.7 Å². The van der Waals surface area contributed by atoms with Crippen LogP contribution in [0.5, 0.6) is 0 Å². The highest BCUT2D eigenvalue weighted by Gasteiger charge is 2.26. The van der Waals surface area contributed by atoms with Gasteiger partial charge in [-0.3, -0.25) is 0 Å². The van der Waals surface area contributed by atoms with Crippen LogP contribution in [0.25, 0.3) is 0 Å². The molecule has 0 aliphatic carbocycles. The van der Waals surface area contributed by atoms with E-state index in [4.69, 9.17) is 5.11 Å². The average Bonchev–Trinajstić information content (AvgIpc) is 2.97. The molecule has 20 heavy (non-hydrogen) atoms. The van der Waals surface area contributed by atoms with Crippen molar-refractivity contribution in [3.8, 4) is 0 Å². The van der Waals surface area contributed by atoms with E-state index in [1.807, 2.05) is 0 Å². The van der Waals surface area contributed by atoms with E-state index >= 15 is 0 Å². The molecule has 1 fully saturated rings. The van der Waals surface area contributed by atoms with E-state index < -0.39 is 5.97 Å². The lowest BCUT2D eigenvalue weighted by molar-refractivity contribution is 0.0692. The molecule has 2 amide bonds. The maximum absolute atomic E-state index is 12.2. The Morgan fingerprint density at radius 1 is 1.55 bits per heavy atom. The molecule has 0 aromatic carbocycles. The van der Waals surface area contributed by atoms with Gasteiger partial charge in [-0.25, -0.2) is 9.59 Å². The Hall–Kier alpha value is -1.98. The van der Waals surface area contributed by atoms with E-state index in [9.17, 15) is 9.59 Å². The Kier molecular flexibility index (Phi) is 4.32. The largest absolute Gasteiger partial charge is 0.477 e. The summed E-state index contributed by atoms with van der Waals surface area (Å²) < 4.78 is 0. The Morgan fingerprint density at radius 3 is 2.95 bits per heavy atom. The first kappa shape index (κ1) is 14.4. The highest BCUT2D eigenvalue weighted by molar-refractivity contribution is 5.99. The Labute approximate surface area is 118 Å². The Morgan fingerprint density at radius 2 is 2.30 bits per heavy atom. The Bertz CT molecular complexity index is 510. The van der Waals surface area contributed by atoms with Crippen molar-refractivity contribution < 1.29 is 14.7 Å². The smallest absolute Gasteiger partial charge is 0.354 e. The normalized spacial score (nSPS) is 18.3. The van der Waals surface area contributed by atoms with Crippen LogP contribution in [-0.2, 0) is 0 Å². The van der Waals surface area contributed by atoms with Gasteiger partial charge in [-0.1, -0.05) is 13.3 Å². The molecule has 3 N–H and O–H groups in total. The number of H-pyrrole nitrogens is 1. The number of rotatable bonds is 4. The number of carbonyl (C=O) groups excluding carboxylic acids is 1. The zero-order valence-corrected chi connectivity index (χ0v) is 11.9. The van der Waals surface area contributed by atoms with Crippen molar-refractivity contribution in [2.45, 2.75) is 33.1 Å². The summed E-state index contributed by atoms with van der Waals surface area (Å²) in [4.78, 5) is 27.7. The van der Waals surface area contributed by atoms with Gasteiger partial charge in [0.15, 0.2) is 0 Å². The molecule has 1 aliphatic rings. The average molecular weight is 279 g/mol. The van der Waals surface area contributed by atoms with Gasteiger partial charge < -0.3 is 20.3 Å². The molecule has 1 aromatic heterocycles. The van der Waals surface area contributed by atoms with Gasteiger partial charge in [-0.05, 0) is 31.7 Å². The summed E-state index contributed by atoms with van der Waals surface area (Å²) in [6.07, 6.45) is 3.28. The molecule has 1 saturated heterocycles. The maximum atomic E-state index is 12.2. The van der Waals surface area contributed by atoms with Crippen molar-refractivity contribution in [2.24, 2.45) is 5.92 Å². The van der Waals surface area contributed by atoms with Crippen molar-refractivity contribution in [3.63, 3.8) is 0 Å². The minimum Gasteiger partial charge on any atom is -0.477 e. The van der Waals surface area contributed by atoms with Gasteiger partial charge in [-0.2, -0.15) is 0 Å². The zero-order chi connectivity index (χ0) is 14.7. The van der Waals surface area contributed by atoms with E-state index in [2.05, 4.69) is 17.2 Å². The molecule has 1 atom stereocenters. The highest BCUT2D eigenvalue weighted by atomic mass is 16.4. The Balaban J connectivity index is 2.00. The summed E-state index contributed by atoms with van der Waals surface area (Å²) in [5, 5.41) is 11.8. The van der Waals surface area contributed by atoms with E-state index in [0.717, 1.165) is 32.4 Å². The first-order valence-corrected chi connectivity index (χ1v) is 7.00. The fourth-order valence-corrected chi connectivity index (χ4v) is 2.71. The van der Waals surface area contributed by atoms with Crippen molar-refractivity contribution in [2.75, 3.05) is 18.4 Å². The monoisotopic (exact) mass is 279 g/mol. The number of anilines is 1. The number of nitrogens with zero attached hydrogens (tertiary/aromatic N) is 1. The van der Waals surface area contributed by atoms with Gasteiger partial charge in [-0.15, -0.1) is 0 Å². The fourth-order valence-electron chi connectivity index (χ4n) is 2.71. The number of hydrogen-bond donors (Lipinski definition) is 3. The lowest BCUT2D eigenvalue weighted by Crippen LogP contribution is -2.33. The third-order valence-corrected chi connectivity index (χ3v) is 3.68. The standard InChI is InChI=1S/C14H21N3O3/c1-3-4-10-5-6-17(8-10)14(20)16-11-7-9(2)15-12(11)13(18)19/h7,10,15H,3-6,8H2,1-2H3,(H,16,20)(H,18,19). The number of amides is 2. The number of aromatic nitrogens is 1. The van der Waals surface area contributed by atoms with Crippen molar-refractivity contribution in [3.05, 3.63) is 17.5 Å². The van der Waals surface area contributed by atoms with Gasteiger partial charge in [0.2, 0.25) is 0 Å². The molecule has 2 heterocycles. The second-order valence-electron chi connectivity index (χ2n) is 5.37. The summed E-state index contributed by atoms with van der Waals surface area (Å²) >= 11 is 0. The first-order chi connectivity index (χ1) is 9.51. The van der Waals surface area contributed by atoms with Crippen molar-refractivity contribution in [1.29, 1.82) is 0 Å². The van der Waals surface area contributed by atoms with Gasteiger partial charge >= 0.3 is 12.0 Å². The molecule has 0 bridgehead atoms. The molecule has 110 valence electrons. The maximum Gasteiger partial charge on any atom is 0.354 e. The van der Waals surface area contributed by atoms with Crippen molar-refractivity contribution in [1.82, 2.24) is 9.88 Å². The molecule has 0 saturated carbocycles. The van der Waals surface area contributed by atoms with Crippen LogP contribution in [0, 0.1) is 12.8 Å². The topological polar surface area (TPSA) is 85.4 Å². The highest BCUT2D eigenvalue weighted by Crippen LogP contribution is 2.23. The number of aromatic amines is 1. The zero-order valence-electron chi connectivity index (χ0n) is 11.9. The van der Waals surface area contributed by atoms with Crippen molar-refractivity contribution >= 4 is 17.7 Å². The number of carboxylic acid groups (broad SMARTS) is 1. The van der Waals surface area contributed by atoms with Crippen LogP contribution in [-0.4, -0.2) is 40.1 Å². The number of carbonyl (C=O) groups is 2. The van der Waals surface area contributed by atoms with Gasteiger partial charge in [0.25, 0.3) is 0 Å². The van der Waals surface area contributed by atoms with E-state index in [1.165, 1.54) is 0 Å². The SMILES string of the molecule is CCCC1CCN(C(=O)Nc2cc(C)[nH]c2C(=O)O)C1. The number of aryl methyl sites for hydroxylation is 1. The number of nitrogens with one attached hydrogen (secondary N) is 2. The second-order valence-corrected chi connectivity index (χ2v) is 5.37. The number of aromatic carboxylic acids is 1. The van der Waals surface area contributed by atoms with E-state index in [0.29, 0.717) is 17.3 Å².